The summed E-state index contributed by atoms with van der Waals surface area (Å²) in [5, 5.41) is 0. The molecule has 3 aliphatic carbocycles. The number of hydrogen-bond donors (Lipinski definition) is 0. The van der Waals surface area contributed by atoms with Crippen molar-refractivity contribution < 1.29 is 9.47 Å². The largest absolute Gasteiger partial charge is 0.501 e. The summed E-state index contributed by atoms with van der Waals surface area (Å²) in [6.45, 7) is 6.54. The lowest BCUT2D eigenvalue weighted by atomic mass is 9.71. The standard InChI is InChI=1S/C23H29NO2/c1-15(2)7-9-24-10-8-17-11-19(26-4)14-21-20-13-18(25-3)6-5-16(20)12-22(24)23(17)21/h5,7,11,13,22H,6,8-10,12,14H2,1-4H3. The van der Waals surface area contributed by atoms with Gasteiger partial charge in [0.15, 0.2) is 0 Å². The highest BCUT2D eigenvalue weighted by Gasteiger charge is 2.39. The lowest BCUT2D eigenvalue weighted by Crippen LogP contribution is -2.44. The predicted octanol–water partition coefficient (Wildman–Crippen LogP) is 4.82. The lowest BCUT2D eigenvalue weighted by Gasteiger charge is -2.45. The number of allylic oxidation sites excluding steroid dienone is 6. The van der Waals surface area contributed by atoms with Crippen LogP contribution in [0.2, 0.25) is 0 Å². The van der Waals surface area contributed by atoms with E-state index >= 15 is 0 Å². The highest BCUT2D eigenvalue weighted by Crippen LogP contribution is 2.48. The molecule has 3 heteroatoms. The minimum atomic E-state index is 0.492. The SMILES string of the molecule is COC1=CC2=C3CC(OC)=CC4=C3C(CC2=CC1)N(CC=C(C)C)CC4. The van der Waals surface area contributed by atoms with E-state index in [1.54, 1.807) is 19.8 Å². The van der Waals surface area contributed by atoms with Gasteiger partial charge in [-0.1, -0.05) is 17.7 Å². The van der Waals surface area contributed by atoms with Crippen molar-refractivity contribution in [2.45, 2.75) is 45.6 Å². The number of rotatable bonds is 4. The molecule has 1 unspecified atom stereocenters. The van der Waals surface area contributed by atoms with Crippen molar-refractivity contribution in [2.24, 2.45) is 0 Å². The van der Waals surface area contributed by atoms with E-state index in [0.29, 0.717) is 6.04 Å². The number of methoxy groups -OCH3 is 2. The number of hydrogen-bond acceptors (Lipinski definition) is 3. The Morgan fingerprint density at radius 1 is 1.19 bits per heavy atom. The van der Waals surface area contributed by atoms with Crippen LogP contribution >= 0.6 is 0 Å². The first-order chi connectivity index (χ1) is 12.6. The molecule has 0 amide bonds. The minimum Gasteiger partial charge on any atom is -0.501 e. The second kappa shape index (κ2) is 6.96. The maximum absolute atomic E-state index is 5.67. The molecule has 0 aromatic carbocycles. The summed E-state index contributed by atoms with van der Waals surface area (Å²) in [5.41, 5.74) is 8.75. The molecule has 4 aliphatic rings. The van der Waals surface area contributed by atoms with Crippen LogP contribution in [0.3, 0.4) is 0 Å². The maximum atomic E-state index is 5.67. The van der Waals surface area contributed by atoms with Crippen LogP contribution in [0.1, 0.15) is 39.5 Å². The molecule has 0 aromatic heterocycles. The van der Waals surface area contributed by atoms with Crippen molar-refractivity contribution in [3.05, 3.63) is 69.3 Å². The van der Waals surface area contributed by atoms with Gasteiger partial charge in [0.25, 0.3) is 0 Å². The first-order valence-electron chi connectivity index (χ1n) is 9.63. The molecule has 26 heavy (non-hydrogen) atoms. The Bertz CT molecular complexity index is 800. The van der Waals surface area contributed by atoms with Gasteiger partial charge in [-0.25, -0.2) is 0 Å². The molecule has 0 fully saturated rings. The van der Waals surface area contributed by atoms with Gasteiger partial charge in [0.1, 0.15) is 5.76 Å². The Morgan fingerprint density at radius 2 is 2.00 bits per heavy atom. The van der Waals surface area contributed by atoms with E-state index < -0.39 is 0 Å². The van der Waals surface area contributed by atoms with E-state index in [1.807, 2.05) is 0 Å². The molecule has 0 aromatic rings. The quantitative estimate of drug-likeness (QED) is 0.678. The fourth-order valence-electron chi connectivity index (χ4n) is 4.60. The summed E-state index contributed by atoms with van der Waals surface area (Å²) in [5.74, 6) is 2.14. The normalized spacial score (nSPS) is 24.9. The minimum absolute atomic E-state index is 0.492. The van der Waals surface area contributed by atoms with Crippen LogP contribution in [0.5, 0.6) is 0 Å². The number of fused-ring (bicyclic) bond motifs is 1. The molecule has 0 saturated carbocycles. The molecule has 0 saturated heterocycles. The van der Waals surface area contributed by atoms with Crippen molar-refractivity contribution in [1.82, 2.24) is 4.90 Å². The molecule has 4 rings (SSSR count). The van der Waals surface area contributed by atoms with Gasteiger partial charge in [-0.05, 0) is 66.7 Å². The van der Waals surface area contributed by atoms with Gasteiger partial charge in [-0.2, -0.15) is 0 Å². The molecule has 0 N–H and O–H groups in total. The van der Waals surface area contributed by atoms with Gasteiger partial charge in [0.2, 0.25) is 0 Å². The average Bonchev–Trinajstić information content (AvgIpc) is 2.66. The zero-order valence-corrected chi connectivity index (χ0v) is 16.4. The van der Waals surface area contributed by atoms with Crippen molar-refractivity contribution in [2.75, 3.05) is 27.3 Å². The number of ether oxygens (including phenoxy) is 2. The molecule has 1 heterocycles. The van der Waals surface area contributed by atoms with Crippen LogP contribution in [0.25, 0.3) is 0 Å². The summed E-state index contributed by atoms with van der Waals surface area (Å²) in [7, 11) is 3.57. The van der Waals surface area contributed by atoms with Gasteiger partial charge < -0.3 is 9.47 Å². The van der Waals surface area contributed by atoms with Gasteiger partial charge >= 0.3 is 0 Å². The molecule has 0 spiro atoms. The van der Waals surface area contributed by atoms with Gasteiger partial charge in [-0.15, -0.1) is 0 Å². The Labute approximate surface area is 157 Å². The van der Waals surface area contributed by atoms with E-state index in [4.69, 9.17) is 9.47 Å². The zero-order chi connectivity index (χ0) is 18.3. The molecular weight excluding hydrogens is 322 g/mol. The van der Waals surface area contributed by atoms with Crippen LogP contribution in [-0.2, 0) is 9.47 Å². The van der Waals surface area contributed by atoms with Crippen molar-refractivity contribution in [3.63, 3.8) is 0 Å². The number of nitrogens with zero attached hydrogens (tertiary/aromatic N) is 1. The summed E-state index contributed by atoms with van der Waals surface area (Å²) >= 11 is 0. The van der Waals surface area contributed by atoms with E-state index in [2.05, 4.69) is 43.1 Å². The van der Waals surface area contributed by atoms with Crippen molar-refractivity contribution >= 4 is 0 Å². The second-order valence-electron chi connectivity index (χ2n) is 7.82. The van der Waals surface area contributed by atoms with Crippen LogP contribution in [0.15, 0.2) is 69.3 Å². The van der Waals surface area contributed by atoms with Crippen molar-refractivity contribution in [3.8, 4) is 0 Å². The smallest absolute Gasteiger partial charge is 0.100 e. The highest BCUT2D eigenvalue weighted by molar-refractivity contribution is 5.64. The zero-order valence-electron chi connectivity index (χ0n) is 16.4. The second-order valence-corrected chi connectivity index (χ2v) is 7.82. The Hall–Kier alpha value is -2.00. The summed E-state index contributed by atoms with van der Waals surface area (Å²) in [6, 6.07) is 0.492. The fourth-order valence-corrected chi connectivity index (χ4v) is 4.60. The molecule has 138 valence electrons. The highest BCUT2D eigenvalue weighted by atomic mass is 16.5. The Morgan fingerprint density at radius 3 is 2.73 bits per heavy atom. The Kier molecular flexibility index (Phi) is 4.66. The van der Waals surface area contributed by atoms with Crippen molar-refractivity contribution in [1.29, 1.82) is 0 Å². The first-order valence-corrected chi connectivity index (χ1v) is 9.63. The third-order valence-corrected chi connectivity index (χ3v) is 6.00. The molecule has 1 atom stereocenters. The van der Waals surface area contributed by atoms with Gasteiger partial charge in [-0.3, -0.25) is 4.90 Å². The van der Waals surface area contributed by atoms with E-state index in [0.717, 1.165) is 50.3 Å². The van der Waals surface area contributed by atoms with E-state index in [-0.39, 0.29) is 0 Å². The molecule has 0 bridgehead atoms. The summed E-state index contributed by atoms with van der Waals surface area (Å²) < 4.78 is 11.2. The molecule has 0 radical (unpaired) electrons. The van der Waals surface area contributed by atoms with E-state index in [1.165, 1.54) is 27.9 Å². The lowest BCUT2D eigenvalue weighted by molar-refractivity contribution is 0.223. The van der Waals surface area contributed by atoms with Crippen LogP contribution in [0, 0.1) is 0 Å². The molecule has 3 nitrogen and oxygen atoms in total. The van der Waals surface area contributed by atoms with E-state index in [9.17, 15) is 0 Å². The summed E-state index contributed by atoms with van der Waals surface area (Å²) in [4.78, 5) is 2.66. The van der Waals surface area contributed by atoms with Crippen LogP contribution < -0.4 is 0 Å². The van der Waals surface area contributed by atoms with Crippen LogP contribution in [0.4, 0.5) is 0 Å². The predicted molar refractivity (Wildman–Crippen MR) is 106 cm³/mol. The first kappa shape index (κ1) is 17.4. The van der Waals surface area contributed by atoms with Gasteiger partial charge in [0.05, 0.1) is 20.0 Å². The fraction of sp³-hybridized carbons (Fsp3) is 0.478. The average molecular weight is 351 g/mol. The van der Waals surface area contributed by atoms with Gasteiger partial charge in [0, 0.05) is 32.0 Å². The Balaban J connectivity index is 1.81. The summed E-state index contributed by atoms with van der Waals surface area (Å²) in [6.07, 6.45) is 13.3. The molecular formula is C23H29NO2. The maximum Gasteiger partial charge on any atom is 0.100 e. The third-order valence-electron chi connectivity index (χ3n) is 6.00. The monoisotopic (exact) mass is 351 g/mol. The van der Waals surface area contributed by atoms with Crippen LogP contribution in [-0.4, -0.2) is 38.3 Å². The third kappa shape index (κ3) is 2.99. The topological polar surface area (TPSA) is 21.7 Å². The molecule has 1 aliphatic heterocycles.